The quantitative estimate of drug-likeness (QED) is 0.618. The van der Waals surface area contributed by atoms with Gasteiger partial charge in [-0.25, -0.2) is 0 Å². The highest BCUT2D eigenvalue weighted by Crippen LogP contribution is 2.39. The predicted octanol–water partition coefficient (Wildman–Crippen LogP) is 3.76. The van der Waals surface area contributed by atoms with Gasteiger partial charge in [-0.15, -0.1) is 0 Å². The van der Waals surface area contributed by atoms with Gasteiger partial charge in [-0.05, 0) is 43.5 Å². The lowest BCUT2D eigenvalue weighted by Crippen LogP contribution is -2.54. The maximum Gasteiger partial charge on any atom is 0.130 e. The normalized spacial score (nSPS) is 18.8. The summed E-state index contributed by atoms with van der Waals surface area (Å²) in [5.74, 6) is 0. The molecule has 132 valence electrons. The molecule has 1 aliphatic heterocycles. The summed E-state index contributed by atoms with van der Waals surface area (Å²) in [5.41, 5.74) is 0.839. The Balaban J connectivity index is 1.99. The molecule has 0 bridgehead atoms. The Labute approximate surface area is 150 Å². The second kappa shape index (κ2) is 8.41. The fourth-order valence-electron chi connectivity index (χ4n) is 4.05. The fraction of sp³-hybridized carbons (Fsp3) is 0.409. The molecule has 0 spiro atoms. The number of aliphatic hydroxyl groups is 1. The molecule has 0 aliphatic carbocycles. The molecule has 25 heavy (non-hydrogen) atoms. The molecule has 0 amide bonds. The number of benzene rings is 2. The van der Waals surface area contributed by atoms with Crippen molar-refractivity contribution in [3.63, 3.8) is 0 Å². The number of carbonyl (C=O) groups excluding carboxylic acids is 1. The minimum absolute atomic E-state index is 0.0257. The van der Waals surface area contributed by atoms with Crippen LogP contribution in [-0.2, 0) is 10.4 Å². The summed E-state index contributed by atoms with van der Waals surface area (Å²) in [4.78, 5) is 13.1. The molecule has 1 N–H and O–H groups in total. The molecule has 1 aliphatic rings. The minimum atomic E-state index is -1.04. The van der Waals surface area contributed by atoms with Gasteiger partial charge in [0.15, 0.2) is 0 Å². The number of hydrogen-bond donors (Lipinski definition) is 1. The average molecular weight is 337 g/mol. The monoisotopic (exact) mass is 337 g/mol. The highest BCUT2D eigenvalue weighted by Gasteiger charge is 2.43. The van der Waals surface area contributed by atoms with E-state index in [1.165, 1.54) is 0 Å². The number of rotatable bonds is 7. The van der Waals surface area contributed by atoms with Crippen molar-refractivity contribution in [1.29, 1.82) is 0 Å². The smallest absolute Gasteiger partial charge is 0.130 e. The zero-order valence-corrected chi connectivity index (χ0v) is 14.7. The Hall–Kier alpha value is -1.97. The third-order valence-corrected chi connectivity index (χ3v) is 5.29. The summed E-state index contributed by atoms with van der Waals surface area (Å²) in [6, 6.07) is 20.0. The van der Waals surface area contributed by atoms with Gasteiger partial charge in [0.25, 0.3) is 0 Å². The lowest BCUT2D eigenvalue weighted by atomic mass is 9.76. The highest BCUT2D eigenvalue weighted by atomic mass is 16.3. The number of hydrogen-bond acceptors (Lipinski definition) is 3. The Morgan fingerprint density at radius 2 is 1.60 bits per heavy atom. The van der Waals surface area contributed by atoms with Gasteiger partial charge < -0.3 is 9.90 Å². The summed E-state index contributed by atoms with van der Waals surface area (Å²) < 4.78 is 0. The molecule has 3 heteroatoms. The molecule has 0 radical (unpaired) electrons. The predicted molar refractivity (Wildman–Crippen MR) is 100 cm³/mol. The van der Waals surface area contributed by atoms with E-state index in [1.807, 2.05) is 60.7 Å². The molecule has 1 saturated heterocycles. The zero-order chi connectivity index (χ0) is 17.5. The van der Waals surface area contributed by atoms with Crippen LogP contribution in [0.25, 0.3) is 0 Å². The molecule has 3 nitrogen and oxygen atoms in total. The van der Waals surface area contributed by atoms with Gasteiger partial charge in [-0.1, -0.05) is 67.1 Å². The van der Waals surface area contributed by atoms with E-state index in [9.17, 15) is 9.90 Å². The molecule has 2 aromatic rings. The van der Waals surface area contributed by atoms with Crippen LogP contribution in [0, 0.1) is 0 Å². The Bertz CT molecular complexity index is 617. The van der Waals surface area contributed by atoms with Gasteiger partial charge in [0.05, 0.1) is 0 Å². The van der Waals surface area contributed by atoms with Crippen LogP contribution in [0.1, 0.15) is 43.2 Å². The Morgan fingerprint density at radius 1 is 1.00 bits per heavy atom. The van der Waals surface area contributed by atoms with Crippen molar-refractivity contribution in [2.24, 2.45) is 0 Å². The molecule has 1 unspecified atom stereocenters. The van der Waals surface area contributed by atoms with Crippen molar-refractivity contribution in [2.45, 2.75) is 43.7 Å². The zero-order valence-electron chi connectivity index (χ0n) is 14.7. The first-order valence-corrected chi connectivity index (χ1v) is 9.28. The first-order chi connectivity index (χ1) is 12.3. The molecule has 2 aromatic carbocycles. The van der Waals surface area contributed by atoms with Gasteiger partial charge >= 0.3 is 0 Å². The fourth-order valence-corrected chi connectivity index (χ4v) is 4.05. The van der Waals surface area contributed by atoms with Crippen molar-refractivity contribution in [2.75, 3.05) is 13.1 Å². The number of unbranched alkanes of at least 4 members (excludes halogenated alkanes) is 1. The SMILES string of the molecule is O=CCCCN1CCCCC1C(O)(c1ccccc1)c1ccccc1. The van der Waals surface area contributed by atoms with E-state index in [-0.39, 0.29) is 6.04 Å². The lowest BCUT2D eigenvalue weighted by molar-refractivity contribution is -0.108. The van der Waals surface area contributed by atoms with Crippen LogP contribution in [0.4, 0.5) is 0 Å². The summed E-state index contributed by atoms with van der Waals surface area (Å²) in [7, 11) is 0. The van der Waals surface area contributed by atoms with Gasteiger partial charge in [-0.2, -0.15) is 0 Å². The second-order valence-electron chi connectivity index (χ2n) is 6.85. The Kier molecular flexibility index (Phi) is 6.00. The molecular formula is C22H27NO2. The summed E-state index contributed by atoms with van der Waals surface area (Å²) >= 11 is 0. The minimum Gasteiger partial charge on any atom is -0.379 e. The number of piperidine rings is 1. The van der Waals surface area contributed by atoms with Crippen molar-refractivity contribution < 1.29 is 9.90 Å². The van der Waals surface area contributed by atoms with Crippen LogP contribution in [0.2, 0.25) is 0 Å². The first kappa shape index (κ1) is 17.8. The number of nitrogens with zero attached hydrogens (tertiary/aromatic N) is 1. The number of aldehydes is 1. The van der Waals surface area contributed by atoms with E-state index in [4.69, 9.17) is 0 Å². The van der Waals surface area contributed by atoms with Crippen molar-refractivity contribution in [1.82, 2.24) is 4.90 Å². The molecule has 0 saturated carbocycles. The van der Waals surface area contributed by atoms with Crippen LogP contribution >= 0.6 is 0 Å². The van der Waals surface area contributed by atoms with E-state index in [0.717, 1.165) is 56.2 Å². The van der Waals surface area contributed by atoms with E-state index in [1.54, 1.807) is 0 Å². The van der Waals surface area contributed by atoms with Crippen LogP contribution in [0.5, 0.6) is 0 Å². The second-order valence-corrected chi connectivity index (χ2v) is 6.85. The summed E-state index contributed by atoms with van der Waals surface area (Å²) in [5, 5.41) is 12.0. The van der Waals surface area contributed by atoms with Crippen molar-refractivity contribution in [3.8, 4) is 0 Å². The standard InChI is InChI=1S/C22H27NO2/c24-18-10-9-17-23-16-8-7-15-21(23)22(25,19-11-3-1-4-12-19)20-13-5-2-6-14-20/h1-6,11-14,18,21,25H,7-10,15-17H2. The first-order valence-electron chi connectivity index (χ1n) is 9.28. The van der Waals surface area contributed by atoms with Gasteiger partial charge in [-0.3, -0.25) is 4.90 Å². The van der Waals surface area contributed by atoms with E-state index in [0.29, 0.717) is 6.42 Å². The van der Waals surface area contributed by atoms with Crippen molar-refractivity contribution >= 4 is 6.29 Å². The maximum atomic E-state index is 12.0. The maximum absolute atomic E-state index is 12.0. The average Bonchev–Trinajstić information content (AvgIpc) is 2.69. The molecule has 1 fully saturated rings. The van der Waals surface area contributed by atoms with Crippen LogP contribution in [0.15, 0.2) is 60.7 Å². The third kappa shape index (κ3) is 3.83. The van der Waals surface area contributed by atoms with Crippen molar-refractivity contribution in [3.05, 3.63) is 71.8 Å². The molecular weight excluding hydrogens is 310 g/mol. The van der Waals surface area contributed by atoms with Gasteiger partial charge in [0.2, 0.25) is 0 Å². The van der Waals surface area contributed by atoms with Gasteiger partial charge in [0.1, 0.15) is 11.9 Å². The Morgan fingerprint density at radius 3 is 2.16 bits per heavy atom. The highest BCUT2D eigenvalue weighted by molar-refractivity contribution is 5.49. The number of carbonyl (C=O) groups is 1. The summed E-state index contributed by atoms with van der Waals surface area (Å²) in [6.45, 7) is 1.83. The topological polar surface area (TPSA) is 40.5 Å². The van der Waals surface area contributed by atoms with Gasteiger partial charge in [0, 0.05) is 12.5 Å². The molecule has 1 atom stereocenters. The number of likely N-dealkylation sites (tertiary alicyclic amines) is 1. The largest absolute Gasteiger partial charge is 0.379 e. The van der Waals surface area contributed by atoms with E-state index < -0.39 is 5.60 Å². The third-order valence-electron chi connectivity index (χ3n) is 5.29. The van der Waals surface area contributed by atoms with E-state index in [2.05, 4.69) is 4.90 Å². The van der Waals surface area contributed by atoms with Crippen LogP contribution in [0.3, 0.4) is 0 Å². The lowest BCUT2D eigenvalue weighted by Gasteiger charge is -2.46. The van der Waals surface area contributed by atoms with Crippen LogP contribution in [-0.4, -0.2) is 35.4 Å². The summed E-state index contributed by atoms with van der Waals surface area (Å²) in [6.07, 6.45) is 5.65. The molecule has 3 rings (SSSR count). The molecule has 1 heterocycles. The van der Waals surface area contributed by atoms with Crippen LogP contribution < -0.4 is 0 Å². The van der Waals surface area contributed by atoms with E-state index >= 15 is 0 Å². The molecule has 0 aromatic heterocycles.